The summed E-state index contributed by atoms with van der Waals surface area (Å²) in [6.45, 7) is 5.01. The van der Waals surface area contributed by atoms with Gasteiger partial charge in [-0.1, -0.05) is 0 Å². The first-order valence-corrected chi connectivity index (χ1v) is 7.46. The van der Waals surface area contributed by atoms with Crippen molar-refractivity contribution in [3.8, 4) is 0 Å². The van der Waals surface area contributed by atoms with Gasteiger partial charge in [0.1, 0.15) is 0 Å². The van der Waals surface area contributed by atoms with Crippen molar-refractivity contribution < 1.29 is 4.79 Å². The number of aryl methyl sites for hydroxylation is 1. The molecule has 0 saturated carbocycles. The number of carbonyl (C=O) groups excluding carboxylic acids is 1. The zero-order chi connectivity index (χ0) is 13.1. The first kappa shape index (κ1) is 13.3. The molecule has 0 aromatic heterocycles. The lowest BCUT2D eigenvalue weighted by atomic mass is 10.1. The Hall–Kier alpha value is -1.16. The Balaban J connectivity index is 2.20. The molecule has 1 atom stereocenters. The van der Waals surface area contributed by atoms with E-state index in [1.165, 1.54) is 0 Å². The minimum absolute atomic E-state index is 0.161. The van der Waals surface area contributed by atoms with Gasteiger partial charge >= 0.3 is 0 Å². The smallest absolute Gasteiger partial charge is 0.254 e. The Bertz CT molecular complexity index is 447. The third-order valence-corrected chi connectivity index (χ3v) is 4.56. The molecular formula is C14H20N2OS. The van der Waals surface area contributed by atoms with Gasteiger partial charge in [0.25, 0.3) is 5.91 Å². The van der Waals surface area contributed by atoms with Crippen LogP contribution in [-0.4, -0.2) is 41.9 Å². The lowest BCUT2D eigenvalue weighted by Crippen LogP contribution is -2.44. The summed E-state index contributed by atoms with van der Waals surface area (Å²) in [7, 11) is 1.90. The molecule has 0 spiro atoms. The summed E-state index contributed by atoms with van der Waals surface area (Å²) >= 11 is 1.92. The molecule has 18 heavy (non-hydrogen) atoms. The second-order valence-corrected chi connectivity index (χ2v) is 5.85. The van der Waals surface area contributed by atoms with E-state index in [0.717, 1.165) is 34.9 Å². The number of benzene rings is 1. The van der Waals surface area contributed by atoms with Crippen LogP contribution >= 0.6 is 11.8 Å². The molecule has 1 saturated heterocycles. The molecule has 1 aromatic carbocycles. The molecule has 0 bridgehead atoms. The minimum atomic E-state index is 0.161. The van der Waals surface area contributed by atoms with E-state index < -0.39 is 0 Å². The Kier molecular flexibility index (Phi) is 4.17. The maximum Gasteiger partial charge on any atom is 0.254 e. The van der Waals surface area contributed by atoms with E-state index in [0.29, 0.717) is 6.04 Å². The van der Waals surface area contributed by atoms with Crippen molar-refractivity contribution in [3.05, 3.63) is 29.3 Å². The van der Waals surface area contributed by atoms with Crippen LogP contribution in [0.1, 0.15) is 22.8 Å². The van der Waals surface area contributed by atoms with Crippen molar-refractivity contribution >= 4 is 23.4 Å². The predicted molar refractivity (Wildman–Crippen MR) is 78.5 cm³/mol. The zero-order valence-electron chi connectivity index (χ0n) is 11.2. The van der Waals surface area contributed by atoms with Gasteiger partial charge in [-0.2, -0.15) is 11.8 Å². The number of thioether (sulfide) groups is 1. The molecule has 1 aliphatic rings. The van der Waals surface area contributed by atoms with Gasteiger partial charge in [-0.25, -0.2) is 0 Å². The summed E-state index contributed by atoms with van der Waals surface area (Å²) < 4.78 is 0. The number of hydrogen-bond acceptors (Lipinski definition) is 3. The van der Waals surface area contributed by atoms with Crippen molar-refractivity contribution in [2.45, 2.75) is 19.9 Å². The van der Waals surface area contributed by atoms with Crippen LogP contribution in [-0.2, 0) is 0 Å². The third kappa shape index (κ3) is 2.64. The Morgan fingerprint density at radius 2 is 2.28 bits per heavy atom. The maximum absolute atomic E-state index is 12.5. The number of carbonyl (C=O) groups is 1. The highest BCUT2D eigenvalue weighted by Crippen LogP contribution is 2.21. The molecule has 1 aromatic rings. The molecule has 3 nitrogen and oxygen atoms in total. The van der Waals surface area contributed by atoms with Gasteiger partial charge in [-0.15, -0.1) is 0 Å². The van der Waals surface area contributed by atoms with E-state index in [1.54, 1.807) is 0 Å². The van der Waals surface area contributed by atoms with E-state index in [4.69, 9.17) is 0 Å². The van der Waals surface area contributed by atoms with Crippen LogP contribution in [0.5, 0.6) is 0 Å². The van der Waals surface area contributed by atoms with E-state index in [2.05, 4.69) is 12.2 Å². The van der Waals surface area contributed by atoms with E-state index in [9.17, 15) is 4.79 Å². The molecule has 0 aliphatic carbocycles. The van der Waals surface area contributed by atoms with E-state index in [1.807, 2.05) is 48.8 Å². The standard InChI is InChI=1S/C14H20N2OS/c1-10-8-12(4-5-13(10)15-3)14(17)16-6-7-18-9-11(16)2/h4-5,8,11,15H,6-7,9H2,1-3H3. The molecule has 1 amide bonds. The molecule has 1 aliphatic heterocycles. The van der Waals surface area contributed by atoms with Crippen molar-refractivity contribution in [1.82, 2.24) is 4.90 Å². The summed E-state index contributed by atoms with van der Waals surface area (Å²) in [6.07, 6.45) is 0. The average Bonchev–Trinajstić information content (AvgIpc) is 2.38. The largest absolute Gasteiger partial charge is 0.388 e. The molecule has 98 valence electrons. The molecule has 1 N–H and O–H groups in total. The van der Waals surface area contributed by atoms with Crippen molar-refractivity contribution in [1.29, 1.82) is 0 Å². The molecular weight excluding hydrogens is 244 g/mol. The zero-order valence-corrected chi connectivity index (χ0v) is 12.0. The fraction of sp³-hybridized carbons (Fsp3) is 0.500. The van der Waals surface area contributed by atoms with Gasteiger partial charge in [-0.05, 0) is 37.6 Å². The number of nitrogens with one attached hydrogen (secondary N) is 1. The highest BCUT2D eigenvalue weighted by atomic mass is 32.2. The van der Waals surface area contributed by atoms with Gasteiger partial charge < -0.3 is 10.2 Å². The highest BCUT2D eigenvalue weighted by Gasteiger charge is 2.24. The van der Waals surface area contributed by atoms with Gasteiger partial charge in [0.05, 0.1) is 0 Å². The van der Waals surface area contributed by atoms with Gasteiger partial charge in [-0.3, -0.25) is 4.79 Å². The van der Waals surface area contributed by atoms with E-state index in [-0.39, 0.29) is 5.91 Å². The summed E-state index contributed by atoms with van der Waals surface area (Å²) in [5.41, 5.74) is 2.99. The highest BCUT2D eigenvalue weighted by molar-refractivity contribution is 7.99. The predicted octanol–water partition coefficient (Wildman–Crippen LogP) is 2.61. The quantitative estimate of drug-likeness (QED) is 0.891. The summed E-state index contributed by atoms with van der Waals surface area (Å²) in [6, 6.07) is 6.20. The number of amides is 1. The molecule has 0 radical (unpaired) electrons. The lowest BCUT2D eigenvalue weighted by molar-refractivity contribution is 0.0716. The molecule has 4 heteroatoms. The summed E-state index contributed by atoms with van der Waals surface area (Å²) in [5, 5.41) is 3.12. The second-order valence-electron chi connectivity index (χ2n) is 4.70. The van der Waals surface area contributed by atoms with Crippen molar-refractivity contribution in [2.24, 2.45) is 0 Å². The van der Waals surface area contributed by atoms with Crippen LogP contribution in [0.15, 0.2) is 18.2 Å². The average molecular weight is 264 g/mol. The molecule has 1 fully saturated rings. The normalized spacial score (nSPS) is 19.7. The molecule has 1 heterocycles. The van der Waals surface area contributed by atoms with Crippen LogP contribution in [0.25, 0.3) is 0 Å². The maximum atomic E-state index is 12.5. The molecule has 2 rings (SSSR count). The number of hydrogen-bond donors (Lipinski definition) is 1. The molecule has 1 unspecified atom stereocenters. The Labute approximate surface area is 113 Å². The first-order valence-electron chi connectivity index (χ1n) is 6.30. The SMILES string of the molecule is CNc1ccc(C(=O)N2CCSCC2C)cc1C. The lowest BCUT2D eigenvalue weighted by Gasteiger charge is -2.33. The topological polar surface area (TPSA) is 32.3 Å². The van der Waals surface area contributed by atoms with Crippen LogP contribution < -0.4 is 5.32 Å². The fourth-order valence-corrected chi connectivity index (χ4v) is 3.29. The van der Waals surface area contributed by atoms with Crippen molar-refractivity contribution in [2.75, 3.05) is 30.4 Å². The fourth-order valence-electron chi connectivity index (χ4n) is 2.27. The number of rotatable bonds is 2. The third-order valence-electron chi connectivity index (χ3n) is 3.37. The Morgan fingerprint density at radius 3 is 2.89 bits per heavy atom. The van der Waals surface area contributed by atoms with Gasteiger partial charge in [0.2, 0.25) is 0 Å². The first-order chi connectivity index (χ1) is 8.63. The van der Waals surface area contributed by atoms with Crippen LogP contribution in [0.2, 0.25) is 0 Å². The summed E-state index contributed by atoms with van der Waals surface area (Å²) in [5.74, 6) is 2.25. The van der Waals surface area contributed by atoms with Crippen LogP contribution in [0.3, 0.4) is 0 Å². The Morgan fingerprint density at radius 1 is 1.50 bits per heavy atom. The summed E-state index contributed by atoms with van der Waals surface area (Å²) in [4.78, 5) is 14.4. The van der Waals surface area contributed by atoms with E-state index >= 15 is 0 Å². The number of anilines is 1. The van der Waals surface area contributed by atoms with Crippen molar-refractivity contribution in [3.63, 3.8) is 0 Å². The number of nitrogens with zero attached hydrogens (tertiary/aromatic N) is 1. The van der Waals surface area contributed by atoms with Crippen LogP contribution in [0.4, 0.5) is 5.69 Å². The monoisotopic (exact) mass is 264 g/mol. The minimum Gasteiger partial charge on any atom is -0.388 e. The van der Waals surface area contributed by atoms with Gasteiger partial charge in [0, 0.05) is 42.4 Å². The second kappa shape index (κ2) is 5.65. The van der Waals surface area contributed by atoms with Crippen LogP contribution in [0, 0.1) is 6.92 Å². The van der Waals surface area contributed by atoms with Gasteiger partial charge in [0.15, 0.2) is 0 Å².